The number of primary amides is 1. The second-order valence-corrected chi connectivity index (χ2v) is 6.70. The molecule has 5 nitrogen and oxygen atoms in total. The molecule has 0 radical (unpaired) electrons. The average Bonchev–Trinajstić information content (AvgIpc) is 2.64. The number of aryl methyl sites for hydroxylation is 1. The fraction of sp³-hybridized carbons (Fsp3) is 0.350. The van der Waals surface area contributed by atoms with Crippen LogP contribution in [0.2, 0.25) is 0 Å². The summed E-state index contributed by atoms with van der Waals surface area (Å²) in [5.74, 6) is -1.04. The maximum absolute atomic E-state index is 12.6. The number of hydrogen-bond donors (Lipinski definition) is 4. The number of aliphatic hydroxyl groups excluding tert-OH is 1. The fourth-order valence-electron chi connectivity index (χ4n) is 2.73. The minimum Gasteiger partial charge on any atom is -0.507 e. The molecule has 28 heavy (non-hydrogen) atoms. The van der Waals surface area contributed by atoms with Crippen LogP contribution >= 0.6 is 0 Å². The highest BCUT2D eigenvalue weighted by molar-refractivity contribution is 5.95. The Morgan fingerprint density at radius 2 is 1.82 bits per heavy atom. The van der Waals surface area contributed by atoms with E-state index >= 15 is 0 Å². The maximum atomic E-state index is 12.6. The first-order valence-electron chi connectivity index (χ1n) is 8.78. The number of aromatic hydroxyl groups is 1. The first-order chi connectivity index (χ1) is 13.1. The van der Waals surface area contributed by atoms with Crippen LogP contribution in [-0.2, 0) is 12.6 Å². The van der Waals surface area contributed by atoms with Crippen molar-refractivity contribution in [1.29, 1.82) is 0 Å². The molecule has 0 saturated carbocycles. The lowest BCUT2D eigenvalue weighted by molar-refractivity contribution is -0.137. The standard InChI is InChI=1S/C20H23F3N2O3/c1-12(2-3-13-4-7-15(8-5-13)20(21,22)23)25-11-18(27)14-6-9-17(26)16(10-14)19(24)28/h4-10,12,18,25-27H,2-3,11H2,1H3,(H2,24,28). The number of nitrogens with one attached hydrogen (secondary N) is 1. The van der Waals surface area contributed by atoms with Crippen molar-refractivity contribution in [3.8, 4) is 5.75 Å². The van der Waals surface area contributed by atoms with Crippen molar-refractivity contribution in [2.24, 2.45) is 5.73 Å². The number of aliphatic hydroxyl groups is 1. The summed E-state index contributed by atoms with van der Waals surface area (Å²) in [7, 11) is 0. The van der Waals surface area contributed by atoms with E-state index in [1.807, 2.05) is 6.92 Å². The van der Waals surface area contributed by atoms with E-state index in [1.54, 1.807) is 0 Å². The molecule has 0 heterocycles. The van der Waals surface area contributed by atoms with E-state index in [0.29, 0.717) is 18.4 Å². The van der Waals surface area contributed by atoms with E-state index < -0.39 is 23.8 Å². The lowest BCUT2D eigenvalue weighted by Gasteiger charge is -2.18. The predicted molar refractivity (Wildman–Crippen MR) is 98.8 cm³/mol. The van der Waals surface area contributed by atoms with E-state index in [4.69, 9.17) is 5.73 Å². The molecule has 0 fully saturated rings. The summed E-state index contributed by atoms with van der Waals surface area (Å²) in [5, 5.41) is 23.0. The van der Waals surface area contributed by atoms with Crippen molar-refractivity contribution in [3.05, 3.63) is 64.7 Å². The van der Waals surface area contributed by atoms with E-state index in [-0.39, 0.29) is 23.9 Å². The summed E-state index contributed by atoms with van der Waals surface area (Å²) in [6, 6.07) is 9.21. The molecule has 2 aromatic carbocycles. The summed E-state index contributed by atoms with van der Waals surface area (Å²) in [5.41, 5.74) is 5.68. The average molecular weight is 396 g/mol. The van der Waals surface area contributed by atoms with Crippen molar-refractivity contribution in [1.82, 2.24) is 5.32 Å². The first-order valence-corrected chi connectivity index (χ1v) is 8.78. The van der Waals surface area contributed by atoms with Gasteiger partial charge in [-0.2, -0.15) is 13.2 Å². The SMILES string of the molecule is CC(CCc1ccc(C(F)(F)F)cc1)NCC(O)c1ccc(O)c(C(N)=O)c1. The molecular weight excluding hydrogens is 373 g/mol. The lowest BCUT2D eigenvalue weighted by atomic mass is 10.0. The Bertz CT molecular complexity index is 807. The summed E-state index contributed by atoms with van der Waals surface area (Å²) < 4.78 is 37.7. The van der Waals surface area contributed by atoms with Gasteiger partial charge in [0.15, 0.2) is 0 Å². The Labute approximate surface area is 161 Å². The topological polar surface area (TPSA) is 95.6 Å². The molecule has 1 amide bonds. The number of alkyl halides is 3. The van der Waals surface area contributed by atoms with Crippen LogP contribution in [0.15, 0.2) is 42.5 Å². The van der Waals surface area contributed by atoms with Crippen LogP contribution in [0.3, 0.4) is 0 Å². The number of phenols is 1. The van der Waals surface area contributed by atoms with Crippen LogP contribution < -0.4 is 11.1 Å². The number of carbonyl (C=O) groups excluding carboxylic acids is 1. The molecule has 0 saturated heterocycles. The van der Waals surface area contributed by atoms with Crippen LogP contribution in [0.1, 0.15) is 46.5 Å². The Balaban J connectivity index is 1.84. The molecule has 0 aliphatic rings. The Kier molecular flexibility index (Phi) is 7.04. The minimum atomic E-state index is -4.34. The molecule has 152 valence electrons. The van der Waals surface area contributed by atoms with Gasteiger partial charge in [-0.3, -0.25) is 4.79 Å². The first kappa shape index (κ1) is 21.7. The van der Waals surface area contributed by atoms with E-state index in [1.165, 1.54) is 30.3 Å². The Hall–Kier alpha value is -2.58. The quantitative estimate of drug-likeness (QED) is 0.551. The second-order valence-electron chi connectivity index (χ2n) is 6.70. The molecule has 0 aromatic heterocycles. The van der Waals surface area contributed by atoms with E-state index in [9.17, 15) is 28.2 Å². The molecular formula is C20H23F3N2O3. The fourth-order valence-corrected chi connectivity index (χ4v) is 2.73. The number of nitrogens with two attached hydrogens (primary N) is 1. The van der Waals surface area contributed by atoms with Crippen molar-refractivity contribution >= 4 is 5.91 Å². The van der Waals surface area contributed by atoms with Gasteiger partial charge in [0, 0.05) is 12.6 Å². The third kappa shape index (κ3) is 5.97. The molecule has 0 bridgehead atoms. The van der Waals surface area contributed by atoms with Crippen LogP contribution in [0.5, 0.6) is 5.75 Å². The number of rotatable bonds is 8. The number of carbonyl (C=O) groups is 1. The summed E-state index contributed by atoms with van der Waals surface area (Å²) >= 11 is 0. The van der Waals surface area contributed by atoms with Crippen molar-refractivity contribution in [2.45, 2.75) is 38.1 Å². The highest BCUT2D eigenvalue weighted by Gasteiger charge is 2.29. The molecule has 0 aliphatic heterocycles. The molecule has 5 N–H and O–H groups in total. The van der Waals surface area contributed by atoms with Gasteiger partial charge in [0.25, 0.3) is 5.91 Å². The van der Waals surface area contributed by atoms with Crippen molar-refractivity contribution in [2.75, 3.05) is 6.54 Å². The Morgan fingerprint density at radius 3 is 2.39 bits per heavy atom. The van der Waals surface area contributed by atoms with Crippen LogP contribution in [0.4, 0.5) is 13.2 Å². The van der Waals surface area contributed by atoms with E-state index in [0.717, 1.165) is 17.7 Å². The van der Waals surface area contributed by atoms with Gasteiger partial charge < -0.3 is 21.3 Å². The second kappa shape index (κ2) is 9.07. The molecule has 2 aromatic rings. The molecule has 0 aliphatic carbocycles. The number of hydrogen-bond acceptors (Lipinski definition) is 4. The molecule has 2 unspecified atom stereocenters. The van der Waals surface area contributed by atoms with Gasteiger partial charge in [0.05, 0.1) is 17.2 Å². The zero-order chi connectivity index (χ0) is 20.9. The number of amides is 1. The monoisotopic (exact) mass is 396 g/mol. The number of benzene rings is 2. The largest absolute Gasteiger partial charge is 0.507 e. The Morgan fingerprint density at radius 1 is 1.18 bits per heavy atom. The van der Waals surface area contributed by atoms with Gasteiger partial charge in [0.1, 0.15) is 5.75 Å². The van der Waals surface area contributed by atoms with Crippen LogP contribution in [-0.4, -0.2) is 28.7 Å². The van der Waals surface area contributed by atoms with Gasteiger partial charge in [-0.05, 0) is 55.2 Å². The summed E-state index contributed by atoms with van der Waals surface area (Å²) in [4.78, 5) is 11.3. The predicted octanol–water partition coefficient (Wildman–Crippen LogP) is 3.15. The highest BCUT2D eigenvalue weighted by atomic mass is 19.4. The molecule has 0 spiro atoms. The zero-order valence-corrected chi connectivity index (χ0v) is 15.3. The van der Waals surface area contributed by atoms with Crippen molar-refractivity contribution in [3.63, 3.8) is 0 Å². The third-order valence-corrected chi connectivity index (χ3v) is 4.48. The summed E-state index contributed by atoms with van der Waals surface area (Å²) in [6.07, 6.45) is -3.99. The summed E-state index contributed by atoms with van der Waals surface area (Å²) in [6.45, 7) is 2.11. The smallest absolute Gasteiger partial charge is 0.416 e. The molecule has 2 atom stereocenters. The maximum Gasteiger partial charge on any atom is 0.416 e. The van der Waals surface area contributed by atoms with Gasteiger partial charge in [-0.15, -0.1) is 0 Å². The third-order valence-electron chi connectivity index (χ3n) is 4.48. The highest BCUT2D eigenvalue weighted by Crippen LogP contribution is 2.29. The molecule has 8 heteroatoms. The lowest BCUT2D eigenvalue weighted by Crippen LogP contribution is -2.31. The van der Waals surface area contributed by atoms with Gasteiger partial charge in [-0.25, -0.2) is 0 Å². The van der Waals surface area contributed by atoms with Crippen LogP contribution in [0, 0.1) is 0 Å². The molecule has 2 rings (SSSR count). The van der Waals surface area contributed by atoms with Crippen LogP contribution in [0.25, 0.3) is 0 Å². The van der Waals surface area contributed by atoms with Gasteiger partial charge >= 0.3 is 6.18 Å². The zero-order valence-electron chi connectivity index (χ0n) is 15.3. The normalized spacial score (nSPS) is 13.9. The minimum absolute atomic E-state index is 0.00432. The van der Waals surface area contributed by atoms with E-state index in [2.05, 4.69) is 5.32 Å². The van der Waals surface area contributed by atoms with Crippen molar-refractivity contribution < 1.29 is 28.2 Å². The van der Waals surface area contributed by atoms with Gasteiger partial charge in [0.2, 0.25) is 0 Å². The van der Waals surface area contributed by atoms with Gasteiger partial charge in [-0.1, -0.05) is 18.2 Å². The number of halogens is 3.